The van der Waals surface area contributed by atoms with E-state index in [9.17, 15) is 0 Å². The molecule has 0 unspecified atom stereocenters. The van der Waals surface area contributed by atoms with E-state index in [2.05, 4.69) is 26.5 Å². The summed E-state index contributed by atoms with van der Waals surface area (Å²) in [5, 5.41) is 0. The summed E-state index contributed by atoms with van der Waals surface area (Å²) in [6.07, 6.45) is 12.3. The number of allylic oxidation sites excluding steroid dienone is 3. The maximum atomic E-state index is 3.75. The molecule has 0 fully saturated rings. The van der Waals surface area contributed by atoms with E-state index in [0.29, 0.717) is 5.41 Å². The second-order valence-corrected chi connectivity index (χ2v) is 4.83. The van der Waals surface area contributed by atoms with E-state index in [4.69, 9.17) is 0 Å². The number of hydrogen-bond donors (Lipinski definition) is 0. The quantitative estimate of drug-likeness (QED) is 0.440. The van der Waals surface area contributed by atoms with E-state index in [1.54, 1.807) is 5.57 Å². The van der Waals surface area contributed by atoms with Crippen LogP contribution in [0.15, 0.2) is 24.3 Å². The van der Waals surface area contributed by atoms with Gasteiger partial charge in [-0.3, -0.25) is 0 Å². The molecule has 0 heterocycles. The van der Waals surface area contributed by atoms with Gasteiger partial charge < -0.3 is 0 Å². The fourth-order valence-corrected chi connectivity index (χ4v) is 2.14. The molecule has 0 bridgehead atoms. The minimum absolute atomic E-state index is 0.460. The third kappa shape index (κ3) is 3.80. The molecule has 0 aromatic carbocycles. The lowest BCUT2D eigenvalue weighted by atomic mass is 9.79. The van der Waals surface area contributed by atoms with Gasteiger partial charge in [0.05, 0.1) is 0 Å². The Morgan fingerprint density at radius 1 is 1.54 bits per heavy atom. The van der Waals surface area contributed by atoms with Crippen molar-refractivity contribution in [3.05, 3.63) is 24.3 Å². The second-order valence-electron chi connectivity index (χ2n) is 4.83. The molecule has 74 valence electrons. The molecule has 0 saturated carbocycles. The molecule has 0 spiro atoms. The van der Waals surface area contributed by atoms with Crippen molar-refractivity contribution in [2.24, 2.45) is 5.41 Å². The van der Waals surface area contributed by atoms with Crippen LogP contribution >= 0.6 is 0 Å². The van der Waals surface area contributed by atoms with Crippen molar-refractivity contribution in [1.29, 1.82) is 0 Å². The van der Waals surface area contributed by atoms with Gasteiger partial charge in [0.2, 0.25) is 0 Å². The lowest BCUT2D eigenvalue weighted by Gasteiger charge is -2.27. The summed E-state index contributed by atoms with van der Waals surface area (Å²) in [7, 11) is 0. The Bertz CT molecular complexity index is 196. The van der Waals surface area contributed by atoms with Crippen molar-refractivity contribution in [1.82, 2.24) is 0 Å². The molecular weight excluding hydrogens is 156 g/mol. The molecule has 0 amide bonds. The van der Waals surface area contributed by atoms with Gasteiger partial charge in [0.15, 0.2) is 0 Å². The van der Waals surface area contributed by atoms with Gasteiger partial charge in [-0.2, -0.15) is 0 Å². The largest absolute Gasteiger partial charge is 0.103 e. The Balaban J connectivity index is 2.40. The van der Waals surface area contributed by atoms with Gasteiger partial charge in [-0.25, -0.2) is 0 Å². The fraction of sp³-hybridized carbons (Fsp3) is 0.692. The molecular formula is C13H22. The molecule has 1 rings (SSSR count). The molecule has 1 aliphatic carbocycles. The highest BCUT2D eigenvalue weighted by molar-refractivity contribution is 5.11. The van der Waals surface area contributed by atoms with Crippen LogP contribution in [-0.4, -0.2) is 0 Å². The summed E-state index contributed by atoms with van der Waals surface area (Å²) in [6, 6.07) is 0. The van der Waals surface area contributed by atoms with E-state index in [-0.39, 0.29) is 0 Å². The average molecular weight is 178 g/mol. The first-order valence-electron chi connectivity index (χ1n) is 5.45. The predicted octanol–water partition coefficient (Wildman–Crippen LogP) is 4.48. The van der Waals surface area contributed by atoms with Crippen LogP contribution in [0.1, 0.15) is 52.4 Å². The predicted molar refractivity (Wildman–Crippen MR) is 59.8 cm³/mol. The maximum absolute atomic E-state index is 3.75. The molecule has 0 radical (unpaired) electrons. The first kappa shape index (κ1) is 10.6. The van der Waals surface area contributed by atoms with Crippen LogP contribution in [0.4, 0.5) is 0 Å². The fourth-order valence-electron chi connectivity index (χ4n) is 2.14. The van der Waals surface area contributed by atoms with Crippen LogP contribution in [0.2, 0.25) is 0 Å². The first-order chi connectivity index (χ1) is 6.14. The van der Waals surface area contributed by atoms with Gasteiger partial charge in [-0.1, -0.05) is 31.6 Å². The number of unbranched alkanes of at least 4 members (excludes halogenated alkanes) is 1. The monoisotopic (exact) mass is 178 g/mol. The molecule has 0 aromatic heterocycles. The van der Waals surface area contributed by atoms with Crippen molar-refractivity contribution in [2.75, 3.05) is 0 Å². The lowest BCUT2D eigenvalue weighted by Crippen LogP contribution is -2.12. The minimum atomic E-state index is 0.460. The van der Waals surface area contributed by atoms with Gasteiger partial charge >= 0.3 is 0 Å². The van der Waals surface area contributed by atoms with Crippen LogP contribution in [0.3, 0.4) is 0 Å². The van der Waals surface area contributed by atoms with Gasteiger partial charge in [-0.05, 0) is 43.9 Å². The highest BCUT2D eigenvalue weighted by atomic mass is 14.2. The standard InChI is InChI=1S/C13H22/c1-4-5-6-8-12-9-7-10-13(2,3)11-12/h4,11H,1,5-10H2,2-3H3. The third-order valence-corrected chi connectivity index (χ3v) is 2.82. The second kappa shape index (κ2) is 4.64. The van der Waals surface area contributed by atoms with Crippen LogP contribution < -0.4 is 0 Å². The highest BCUT2D eigenvalue weighted by Gasteiger charge is 2.19. The van der Waals surface area contributed by atoms with E-state index in [1.807, 2.05) is 6.08 Å². The van der Waals surface area contributed by atoms with E-state index >= 15 is 0 Å². The van der Waals surface area contributed by atoms with E-state index < -0.39 is 0 Å². The molecule has 0 N–H and O–H groups in total. The highest BCUT2D eigenvalue weighted by Crippen LogP contribution is 2.34. The van der Waals surface area contributed by atoms with Gasteiger partial charge in [-0.15, -0.1) is 6.58 Å². The van der Waals surface area contributed by atoms with E-state index in [1.165, 1.54) is 32.1 Å². The lowest BCUT2D eigenvalue weighted by molar-refractivity contribution is 0.392. The molecule has 1 aliphatic rings. The summed E-state index contributed by atoms with van der Waals surface area (Å²) < 4.78 is 0. The molecule has 0 aromatic rings. The van der Waals surface area contributed by atoms with Crippen molar-refractivity contribution < 1.29 is 0 Å². The maximum Gasteiger partial charge on any atom is -0.0172 e. The Hall–Kier alpha value is -0.520. The van der Waals surface area contributed by atoms with Crippen molar-refractivity contribution in [2.45, 2.75) is 52.4 Å². The zero-order valence-electron chi connectivity index (χ0n) is 9.10. The van der Waals surface area contributed by atoms with Crippen LogP contribution in [0, 0.1) is 5.41 Å². The molecule has 0 nitrogen and oxygen atoms in total. The molecule has 0 heteroatoms. The zero-order chi connectivity index (χ0) is 9.73. The minimum Gasteiger partial charge on any atom is -0.103 e. The molecule has 0 aliphatic heterocycles. The molecule has 0 saturated heterocycles. The topological polar surface area (TPSA) is 0 Å². The molecule has 13 heavy (non-hydrogen) atoms. The van der Waals surface area contributed by atoms with Crippen molar-refractivity contribution in [3.63, 3.8) is 0 Å². The SMILES string of the molecule is C=CCCCC1=CC(C)(C)CCC1. The van der Waals surface area contributed by atoms with E-state index in [0.717, 1.165) is 6.42 Å². The van der Waals surface area contributed by atoms with Crippen LogP contribution in [0.25, 0.3) is 0 Å². The van der Waals surface area contributed by atoms with Crippen molar-refractivity contribution >= 4 is 0 Å². The summed E-state index contributed by atoms with van der Waals surface area (Å²) in [5.74, 6) is 0. The number of rotatable bonds is 4. The average Bonchev–Trinajstić information content (AvgIpc) is 2.03. The van der Waals surface area contributed by atoms with Crippen LogP contribution in [0.5, 0.6) is 0 Å². The Morgan fingerprint density at radius 3 is 2.92 bits per heavy atom. The molecule has 0 atom stereocenters. The van der Waals surface area contributed by atoms with Crippen LogP contribution in [-0.2, 0) is 0 Å². The van der Waals surface area contributed by atoms with Gasteiger partial charge in [0.25, 0.3) is 0 Å². The Labute approximate surface area is 82.7 Å². The number of hydrogen-bond acceptors (Lipinski definition) is 0. The van der Waals surface area contributed by atoms with Gasteiger partial charge in [0, 0.05) is 0 Å². The summed E-state index contributed by atoms with van der Waals surface area (Å²) in [6.45, 7) is 8.45. The van der Waals surface area contributed by atoms with Crippen molar-refractivity contribution in [3.8, 4) is 0 Å². The zero-order valence-corrected chi connectivity index (χ0v) is 9.10. The normalized spacial score (nSPS) is 20.9. The third-order valence-electron chi connectivity index (χ3n) is 2.82. The van der Waals surface area contributed by atoms with Gasteiger partial charge in [0.1, 0.15) is 0 Å². The Morgan fingerprint density at radius 2 is 2.31 bits per heavy atom. The summed E-state index contributed by atoms with van der Waals surface area (Å²) in [5.41, 5.74) is 2.14. The summed E-state index contributed by atoms with van der Waals surface area (Å²) >= 11 is 0. The Kier molecular flexibility index (Phi) is 3.77. The smallest absolute Gasteiger partial charge is 0.0172 e. The first-order valence-corrected chi connectivity index (χ1v) is 5.45. The summed E-state index contributed by atoms with van der Waals surface area (Å²) in [4.78, 5) is 0.